The van der Waals surface area contributed by atoms with Crippen molar-refractivity contribution in [3.8, 4) is 0 Å². The van der Waals surface area contributed by atoms with E-state index in [0.29, 0.717) is 36.1 Å². The van der Waals surface area contributed by atoms with Gasteiger partial charge in [-0.25, -0.2) is 4.39 Å². The van der Waals surface area contributed by atoms with E-state index in [1.54, 1.807) is 0 Å². The van der Waals surface area contributed by atoms with Crippen LogP contribution in [-0.4, -0.2) is 67.3 Å². The molecule has 6 nitrogen and oxygen atoms in total. The van der Waals surface area contributed by atoms with Crippen LogP contribution in [0.15, 0.2) is 30.3 Å². The lowest BCUT2D eigenvalue weighted by atomic mass is 9.64. The minimum Gasteiger partial charge on any atom is -0.381 e. The molecule has 2 aliphatic heterocycles. The van der Waals surface area contributed by atoms with Crippen molar-refractivity contribution in [1.82, 2.24) is 9.88 Å². The number of ketones is 1. The average Bonchev–Trinajstić information content (AvgIpc) is 3.27. The summed E-state index contributed by atoms with van der Waals surface area (Å²) in [7, 11) is 0. The van der Waals surface area contributed by atoms with Gasteiger partial charge in [0.25, 0.3) is 0 Å². The van der Waals surface area contributed by atoms with E-state index in [1.165, 1.54) is 31.5 Å². The molecule has 3 aromatic rings. The first-order chi connectivity index (χ1) is 17.6. The van der Waals surface area contributed by atoms with E-state index in [0.717, 1.165) is 66.7 Å². The first kappa shape index (κ1) is 22.2. The zero-order valence-corrected chi connectivity index (χ0v) is 20.4. The Bertz CT molecular complexity index is 1380. The minimum absolute atomic E-state index is 0.119. The Hall–Kier alpha value is -3.03. The van der Waals surface area contributed by atoms with Crippen molar-refractivity contribution in [2.24, 2.45) is 0 Å². The Morgan fingerprint density at radius 1 is 1.08 bits per heavy atom. The maximum atomic E-state index is 15.7. The number of anilines is 1. The third-order valence-electron chi connectivity index (χ3n) is 9.13. The molecule has 7 rings (SSSR count). The number of benzene rings is 2. The number of fused-ring (bicyclic) bond motifs is 6. The molecule has 4 aliphatic rings. The number of halogens is 1. The van der Waals surface area contributed by atoms with Crippen LogP contribution in [0.1, 0.15) is 64.8 Å². The quantitative estimate of drug-likeness (QED) is 0.530. The smallest absolute Gasteiger partial charge is 0.195 e. The Kier molecular flexibility index (Phi) is 5.08. The van der Waals surface area contributed by atoms with Crippen molar-refractivity contribution >= 4 is 28.6 Å². The van der Waals surface area contributed by atoms with E-state index in [-0.39, 0.29) is 11.6 Å². The molecule has 3 heterocycles. The van der Waals surface area contributed by atoms with Crippen LogP contribution in [0, 0.1) is 11.2 Å². The molecule has 0 unspecified atom stereocenters. The normalized spacial score (nSPS) is 21.9. The van der Waals surface area contributed by atoms with Gasteiger partial charge in [-0.2, -0.15) is 0 Å². The van der Waals surface area contributed by atoms with E-state index in [1.807, 2.05) is 24.3 Å². The second-order valence-corrected chi connectivity index (χ2v) is 10.8. The predicted molar refractivity (Wildman–Crippen MR) is 138 cm³/mol. The number of ether oxygens (including phenoxy) is 1. The van der Waals surface area contributed by atoms with Crippen molar-refractivity contribution in [1.29, 1.82) is 5.41 Å². The lowest BCUT2D eigenvalue weighted by Crippen LogP contribution is -2.52. The molecular weight excluding hydrogens is 455 g/mol. The molecule has 0 radical (unpaired) electrons. The summed E-state index contributed by atoms with van der Waals surface area (Å²) in [5.74, 6) is -0.429. The van der Waals surface area contributed by atoms with Crippen molar-refractivity contribution in [3.63, 3.8) is 0 Å². The molecule has 36 heavy (non-hydrogen) atoms. The van der Waals surface area contributed by atoms with Crippen LogP contribution in [0.5, 0.6) is 0 Å². The van der Waals surface area contributed by atoms with E-state index in [2.05, 4.69) is 14.8 Å². The number of rotatable bonds is 3. The summed E-state index contributed by atoms with van der Waals surface area (Å²) in [4.78, 5) is 22.2. The molecule has 0 atom stereocenters. The zero-order valence-electron chi connectivity index (χ0n) is 20.4. The van der Waals surface area contributed by atoms with E-state index in [9.17, 15) is 4.79 Å². The van der Waals surface area contributed by atoms with E-state index < -0.39 is 5.41 Å². The highest BCUT2D eigenvalue weighted by molar-refractivity contribution is 6.20. The Morgan fingerprint density at radius 3 is 2.56 bits per heavy atom. The van der Waals surface area contributed by atoms with E-state index in [4.69, 9.17) is 10.1 Å². The lowest BCUT2D eigenvalue weighted by Gasteiger charge is -2.45. The molecule has 2 aromatic carbocycles. The van der Waals surface area contributed by atoms with Crippen LogP contribution in [0.4, 0.5) is 10.1 Å². The molecule has 0 bridgehead atoms. The molecule has 1 aromatic heterocycles. The average molecular weight is 487 g/mol. The maximum absolute atomic E-state index is 15.7. The fraction of sp³-hybridized carbons (Fsp3) is 0.448. The van der Waals surface area contributed by atoms with Gasteiger partial charge in [0.05, 0.1) is 11.3 Å². The number of carbonyl (C=O) groups excluding carboxylic acids is 1. The third kappa shape index (κ3) is 3.15. The molecule has 7 heteroatoms. The first-order valence-corrected chi connectivity index (χ1v) is 13.2. The third-order valence-corrected chi connectivity index (χ3v) is 9.13. The Morgan fingerprint density at radius 2 is 1.86 bits per heavy atom. The molecule has 2 N–H and O–H groups in total. The fourth-order valence-corrected chi connectivity index (χ4v) is 6.88. The first-order valence-electron chi connectivity index (χ1n) is 13.2. The van der Waals surface area contributed by atoms with Gasteiger partial charge < -0.3 is 20.0 Å². The SMILES string of the molecule is N=Cc1ccc2c3c([nH]c2c1)C1(CCOCC1)c1cc(N2CCN(C4CCC4)CC2)c(F)cc1C3=O. The number of carbonyl (C=O) groups is 1. The summed E-state index contributed by atoms with van der Waals surface area (Å²) in [6.45, 7) is 4.73. The summed E-state index contributed by atoms with van der Waals surface area (Å²) in [6.07, 6.45) is 6.69. The highest BCUT2D eigenvalue weighted by Crippen LogP contribution is 2.50. The lowest BCUT2D eigenvalue weighted by molar-refractivity contribution is 0.0601. The Balaban J connectivity index is 1.34. The molecule has 1 spiro atoms. The van der Waals surface area contributed by atoms with Crippen molar-refractivity contribution in [2.75, 3.05) is 44.3 Å². The monoisotopic (exact) mass is 486 g/mol. The summed E-state index contributed by atoms with van der Waals surface area (Å²) in [5.41, 5.74) is 4.81. The number of aromatic amines is 1. The topological polar surface area (TPSA) is 72.4 Å². The molecule has 186 valence electrons. The van der Waals surface area contributed by atoms with Crippen LogP contribution in [-0.2, 0) is 10.2 Å². The highest BCUT2D eigenvalue weighted by atomic mass is 19.1. The summed E-state index contributed by atoms with van der Waals surface area (Å²) < 4.78 is 21.4. The molecular formula is C29H31FN4O2. The fourth-order valence-electron chi connectivity index (χ4n) is 6.88. The van der Waals surface area contributed by atoms with E-state index >= 15 is 4.39 Å². The number of hydrogen-bond acceptors (Lipinski definition) is 5. The van der Waals surface area contributed by atoms with Gasteiger partial charge >= 0.3 is 0 Å². The highest BCUT2D eigenvalue weighted by Gasteiger charge is 2.47. The zero-order chi connectivity index (χ0) is 24.4. The summed E-state index contributed by atoms with van der Waals surface area (Å²) in [5, 5.41) is 8.48. The second-order valence-electron chi connectivity index (χ2n) is 10.8. The van der Waals surface area contributed by atoms with Crippen LogP contribution in [0.3, 0.4) is 0 Å². The van der Waals surface area contributed by atoms with Crippen LogP contribution >= 0.6 is 0 Å². The molecule has 2 saturated heterocycles. The van der Waals surface area contributed by atoms with Gasteiger partial charge in [-0.15, -0.1) is 0 Å². The maximum Gasteiger partial charge on any atom is 0.195 e. The van der Waals surface area contributed by atoms with Gasteiger partial charge in [-0.1, -0.05) is 18.6 Å². The number of hydrogen-bond donors (Lipinski definition) is 2. The summed E-state index contributed by atoms with van der Waals surface area (Å²) >= 11 is 0. The number of aromatic nitrogens is 1. The van der Waals surface area contributed by atoms with Gasteiger partial charge in [0, 0.05) is 79.2 Å². The Labute approximate surface area is 209 Å². The van der Waals surface area contributed by atoms with Crippen LogP contribution in [0.25, 0.3) is 10.9 Å². The standard InChI is InChI=1S/C29H31FN4O2/c30-23-15-21-22(16-25(23)34-10-8-33(9-11-34)19-2-1-3-19)29(6-12-36-13-7-29)28-26(27(21)35)20-5-4-18(17-31)14-24(20)32-28/h4-5,14-17,19,31-32H,1-3,6-13H2. The van der Waals surface area contributed by atoms with Gasteiger partial charge in [0.1, 0.15) is 5.82 Å². The summed E-state index contributed by atoms with van der Waals surface area (Å²) in [6, 6.07) is 9.86. The van der Waals surface area contributed by atoms with Crippen molar-refractivity contribution < 1.29 is 13.9 Å². The number of piperazine rings is 1. The van der Waals surface area contributed by atoms with Crippen molar-refractivity contribution in [3.05, 3.63) is 64.1 Å². The molecule has 1 saturated carbocycles. The second kappa shape index (κ2) is 8.25. The molecule has 3 fully saturated rings. The molecule has 0 amide bonds. The predicted octanol–water partition coefficient (Wildman–Crippen LogP) is 4.62. The van der Waals surface area contributed by atoms with Crippen molar-refractivity contribution in [2.45, 2.75) is 43.6 Å². The van der Waals surface area contributed by atoms with Gasteiger partial charge in [-0.05, 0) is 55.0 Å². The minimum atomic E-state index is -0.420. The largest absolute Gasteiger partial charge is 0.381 e. The van der Waals surface area contributed by atoms with Crippen LogP contribution in [0.2, 0.25) is 0 Å². The van der Waals surface area contributed by atoms with Gasteiger partial charge in [-0.3, -0.25) is 9.69 Å². The van der Waals surface area contributed by atoms with Gasteiger partial charge in [0.15, 0.2) is 5.78 Å². The number of H-pyrrole nitrogens is 1. The van der Waals surface area contributed by atoms with Gasteiger partial charge in [0.2, 0.25) is 0 Å². The number of nitrogens with one attached hydrogen (secondary N) is 2. The molecule has 2 aliphatic carbocycles. The van der Waals surface area contributed by atoms with Crippen LogP contribution < -0.4 is 4.90 Å². The number of nitrogens with zero attached hydrogens (tertiary/aromatic N) is 2.